The normalized spacial score (nSPS) is 10.7. The number of pyridine rings is 1. The summed E-state index contributed by atoms with van der Waals surface area (Å²) in [4.78, 5) is 11.8. The van der Waals surface area contributed by atoms with Crippen LogP contribution in [0, 0.1) is 6.92 Å². The van der Waals surface area contributed by atoms with Gasteiger partial charge in [0.2, 0.25) is 5.95 Å². The van der Waals surface area contributed by atoms with Gasteiger partial charge in [-0.2, -0.15) is 0 Å². The number of aryl methyl sites for hydroxylation is 1. The van der Waals surface area contributed by atoms with Crippen molar-refractivity contribution in [3.63, 3.8) is 0 Å². The standard InChI is InChI=1S/C19H16N4O/c1-13-2-7-17-18(12-13)23-19(22-17)21-14-3-5-15(6-4-14)24-16-8-10-20-11-9-16/h2-12H,1H3,(H2,21,22,23). The fourth-order valence-electron chi connectivity index (χ4n) is 2.47. The van der Waals surface area contributed by atoms with Crippen LogP contribution >= 0.6 is 0 Å². The number of fused-ring (bicyclic) bond motifs is 1. The number of hydrogen-bond acceptors (Lipinski definition) is 4. The van der Waals surface area contributed by atoms with Crippen molar-refractivity contribution in [1.29, 1.82) is 0 Å². The van der Waals surface area contributed by atoms with E-state index in [9.17, 15) is 0 Å². The second-order valence-electron chi connectivity index (χ2n) is 5.54. The van der Waals surface area contributed by atoms with E-state index >= 15 is 0 Å². The average Bonchev–Trinajstić information content (AvgIpc) is 2.99. The summed E-state index contributed by atoms with van der Waals surface area (Å²) in [7, 11) is 0. The molecule has 2 aromatic carbocycles. The van der Waals surface area contributed by atoms with Crippen LogP contribution in [0.15, 0.2) is 67.0 Å². The molecule has 0 bridgehead atoms. The molecule has 0 saturated heterocycles. The summed E-state index contributed by atoms with van der Waals surface area (Å²) in [5, 5.41) is 3.27. The lowest BCUT2D eigenvalue weighted by Gasteiger charge is -2.07. The Morgan fingerprint density at radius 3 is 2.46 bits per heavy atom. The maximum atomic E-state index is 5.75. The number of aromatic amines is 1. The van der Waals surface area contributed by atoms with E-state index < -0.39 is 0 Å². The molecule has 0 aliphatic heterocycles. The van der Waals surface area contributed by atoms with Gasteiger partial charge in [-0.1, -0.05) is 6.07 Å². The first kappa shape index (κ1) is 14.3. The molecule has 5 heteroatoms. The van der Waals surface area contributed by atoms with Crippen molar-refractivity contribution in [2.45, 2.75) is 6.92 Å². The summed E-state index contributed by atoms with van der Waals surface area (Å²) in [5.74, 6) is 2.25. The molecule has 0 amide bonds. The van der Waals surface area contributed by atoms with Crippen molar-refractivity contribution in [2.24, 2.45) is 0 Å². The zero-order chi connectivity index (χ0) is 16.4. The van der Waals surface area contributed by atoms with E-state index in [1.54, 1.807) is 12.4 Å². The topological polar surface area (TPSA) is 62.8 Å². The Balaban J connectivity index is 1.50. The number of anilines is 2. The summed E-state index contributed by atoms with van der Waals surface area (Å²) in [6.45, 7) is 2.06. The van der Waals surface area contributed by atoms with Crippen molar-refractivity contribution >= 4 is 22.7 Å². The Morgan fingerprint density at radius 2 is 1.67 bits per heavy atom. The molecular weight excluding hydrogens is 300 g/mol. The molecule has 0 atom stereocenters. The van der Waals surface area contributed by atoms with Gasteiger partial charge in [0.1, 0.15) is 11.5 Å². The van der Waals surface area contributed by atoms with Gasteiger partial charge in [-0.25, -0.2) is 4.98 Å². The van der Waals surface area contributed by atoms with Crippen LogP contribution in [0.5, 0.6) is 11.5 Å². The Labute approximate surface area is 139 Å². The quantitative estimate of drug-likeness (QED) is 0.567. The van der Waals surface area contributed by atoms with Crippen molar-refractivity contribution in [2.75, 3.05) is 5.32 Å². The van der Waals surface area contributed by atoms with Crippen LogP contribution in [0.2, 0.25) is 0 Å². The Kier molecular flexibility index (Phi) is 3.59. The molecule has 0 aliphatic rings. The van der Waals surface area contributed by atoms with Crippen molar-refractivity contribution in [3.8, 4) is 11.5 Å². The summed E-state index contributed by atoms with van der Waals surface area (Å²) in [5.41, 5.74) is 4.11. The number of nitrogens with zero attached hydrogens (tertiary/aromatic N) is 2. The van der Waals surface area contributed by atoms with Crippen LogP contribution in [0.1, 0.15) is 5.56 Å². The minimum Gasteiger partial charge on any atom is -0.457 e. The van der Waals surface area contributed by atoms with Gasteiger partial charge in [0.15, 0.2) is 0 Å². The summed E-state index contributed by atoms with van der Waals surface area (Å²) in [6.07, 6.45) is 3.41. The molecule has 2 heterocycles. The molecule has 0 spiro atoms. The summed E-state index contributed by atoms with van der Waals surface area (Å²) < 4.78 is 5.75. The molecule has 0 aliphatic carbocycles. The molecule has 4 aromatic rings. The number of aromatic nitrogens is 3. The molecule has 5 nitrogen and oxygen atoms in total. The molecule has 0 saturated carbocycles. The lowest BCUT2D eigenvalue weighted by Crippen LogP contribution is -1.92. The molecule has 2 N–H and O–H groups in total. The van der Waals surface area contributed by atoms with Gasteiger partial charge in [-0.15, -0.1) is 0 Å². The van der Waals surface area contributed by atoms with Gasteiger partial charge in [-0.05, 0) is 61.0 Å². The highest BCUT2D eigenvalue weighted by Gasteiger charge is 2.04. The second kappa shape index (κ2) is 6.04. The summed E-state index contributed by atoms with van der Waals surface area (Å²) >= 11 is 0. The number of nitrogens with one attached hydrogen (secondary N) is 2. The molecule has 118 valence electrons. The first-order valence-electron chi connectivity index (χ1n) is 7.68. The Bertz CT molecular complexity index is 962. The van der Waals surface area contributed by atoms with E-state index in [1.165, 1.54) is 5.56 Å². The average molecular weight is 316 g/mol. The zero-order valence-corrected chi connectivity index (χ0v) is 13.2. The van der Waals surface area contributed by atoms with Crippen LogP contribution in [-0.4, -0.2) is 15.0 Å². The summed E-state index contributed by atoms with van der Waals surface area (Å²) in [6, 6.07) is 17.5. The highest BCUT2D eigenvalue weighted by molar-refractivity contribution is 5.79. The van der Waals surface area contributed by atoms with Gasteiger partial charge in [-0.3, -0.25) is 4.98 Å². The van der Waals surface area contributed by atoms with Crippen LogP contribution in [0.25, 0.3) is 11.0 Å². The first-order valence-corrected chi connectivity index (χ1v) is 7.68. The predicted molar refractivity (Wildman–Crippen MR) is 94.9 cm³/mol. The number of H-pyrrole nitrogens is 1. The van der Waals surface area contributed by atoms with Crippen molar-refractivity contribution in [3.05, 3.63) is 72.6 Å². The van der Waals surface area contributed by atoms with Crippen LogP contribution in [-0.2, 0) is 0 Å². The lowest BCUT2D eigenvalue weighted by atomic mass is 10.2. The highest BCUT2D eigenvalue weighted by atomic mass is 16.5. The molecular formula is C19H16N4O. The Morgan fingerprint density at radius 1 is 0.917 bits per heavy atom. The van der Waals surface area contributed by atoms with Crippen LogP contribution < -0.4 is 10.1 Å². The predicted octanol–water partition coefficient (Wildman–Crippen LogP) is 4.80. The van der Waals surface area contributed by atoms with E-state index in [-0.39, 0.29) is 0 Å². The monoisotopic (exact) mass is 316 g/mol. The number of rotatable bonds is 4. The smallest absolute Gasteiger partial charge is 0.205 e. The minimum atomic E-state index is 0.721. The number of ether oxygens (including phenoxy) is 1. The highest BCUT2D eigenvalue weighted by Crippen LogP contribution is 2.24. The van der Waals surface area contributed by atoms with Gasteiger partial charge in [0, 0.05) is 18.1 Å². The lowest BCUT2D eigenvalue weighted by molar-refractivity contribution is 0.482. The Hall–Kier alpha value is -3.34. The largest absolute Gasteiger partial charge is 0.457 e. The first-order chi connectivity index (χ1) is 11.8. The second-order valence-corrected chi connectivity index (χ2v) is 5.54. The molecule has 0 radical (unpaired) electrons. The fraction of sp³-hybridized carbons (Fsp3) is 0.0526. The maximum Gasteiger partial charge on any atom is 0.205 e. The van der Waals surface area contributed by atoms with Crippen molar-refractivity contribution in [1.82, 2.24) is 15.0 Å². The fourth-order valence-corrected chi connectivity index (χ4v) is 2.47. The minimum absolute atomic E-state index is 0.721. The third-order valence-corrected chi connectivity index (χ3v) is 3.64. The molecule has 2 aromatic heterocycles. The van der Waals surface area contributed by atoms with Crippen molar-refractivity contribution < 1.29 is 4.74 Å². The number of imidazole rings is 1. The van der Waals surface area contributed by atoms with Gasteiger partial charge in [0.05, 0.1) is 11.0 Å². The van der Waals surface area contributed by atoms with Crippen LogP contribution in [0.4, 0.5) is 11.6 Å². The van der Waals surface area contributed by atoms with E-state index in [0.29, 0.717) is 0 Å². The third kappa shape index (κ3) is 3.05. The maximum absolute atomic E-state index is 5.75. The SMILES string of the molecule is Cc1ccc2nc(Nc3ccc(Oc4ccncc4)cc3)[nH]c2c1. The van der Waals surface area contributed by atoms with E-state index in [1.807, 2.05) is 42.5 Å². The number of benzene rings is 2. The van der Waals surface area contributed by atoms with Gasteiger partial charge >= 0.3 is 0 Å². The zero-order valence-electron chi connectivity index (χ0n) is 13.2. The molecule has 0 unspecified atom stereocenters. The van der Waals surface area contributed by atoms with E-state index in [0.717, 1.165) is 34.2 Å². The van der Waals surface area contributed by atoms with Crippen LogP contribution in [0.3, 0.4) is 0 Å². The molecule has 0 fully saturated rings. The third-order valence-electron chi connectivity index (χ3n) is 3.64. The number of hydrogen-bond donors (Lipinski definition) is 2. The molecule has 4 rings (SSSR count). The van der Waals surface area contributed by atoms with Gasteiger partial charge in [0.25, 0.3) is 0 Å². The van der Waals surface area contributed by atoms with E-state index in [4.69, 9.17) is 4.74 Å². The van der Waals surface area contributed by atoms with E-state index in [2.05, 4.69) is 39.3 Å². The van der Waals surface area contributed by atoms with Gasteiger partial charge < -0.3 is 15.0 Å². The molecule has 24 heavy (non-hydrogen) atoms.